The van der Waals surface area contributed by atoms with Crippen LogP contribution in [0, 0.1) is 17.7 Å². The molecular weight excluding hydrogens is 385 g/mol. The zero-order chi connectivity index (χ0) is 21.0. The van der Waals surface area contributed by atoms with Crippen LogP contribution in [0.4, 0.5) is 21.6 Å². The van der Waals surface area contributed by atoms with E-state index < -0.39 is 11.7 Å². The average Bonchev–Trinajstić information content (AvgIpc) is 3.07. The molecule has 5 rings (SSSR count). The summed E-state index contributed by atoms with van der Waals surface area (Å²) in [4.78, 5) is 19.5. The number of rotatable bonds is 4. The van der Waals surface area contributed by atoms with Crippen molar-refractivity contribution in [3.63, 3.8) is 0 Å². The second-order valence-corrected chi connectivity index (χ2v) is 7.88. The third-order valence-corrected chi connectivity index (χ3v) is 6.01. The summed E-state index contributed by atoms with van der Waals surface area (Å²) in [7, 11) is 1.83. The number of fused-ring (bicyclic) bond motifs is 1. The maximum absolute atomic E-state index is 14.1. The fraction of sp³-hybridized carbons (Fsp3) is 0.286. The molecule has 1 saturated heterocycles. The van der Waals surface area contributed by atoms with E-state index in [0.717, 1.165) is 18.9 Å². The number of aryl methyl sites for hydroxylation is 1. The number of amides is 1. The van der Waals surface area contributed by atoms with Gasteiger partial charge in [-0.1, -0.05) is 12.1 Å². The van der Waals surface area contributed by atoms with Crippen molar-refractivity contribution < 1.29 is 9.18 Å². The van der Waals surface area contributed by atoms with Crippen molar-refractivity contribution >= 4 is 23.1 Å². The third-order valence-electron chi connectivity index (χ3n) is 6.01. The van der Waals surface area contributed by atoms with Gasteiger partial charge in [0, 0.05) is 31.7 Å². The molecule has 1 amide bonds. The van der Waals surface area contributed by atoms with Crippen molar-refractivity contribution in [1.29, 1.82) is 0 Å². The smallest absolute Gasteiger partial charge is 0.276 e. The van der Waals surface area contributed by atoms with Crippen LogP contribution in [0.15, 0.2) is 42.6 Å². The number of anilines is 3. The van der Waals surface area contributed by atoms with Gasteiger partial charge in [-0.25, -0.2) is 9.37 Å². The van der Waals surface area contributed by atoms with Crippen LogP contribution in [0.5, 0.6) is 0 Å². The third kappa shape index (κ3) is 2.98. The summed E-state index contributed by atoms with van der Waals surface area (Å²) in [6.07, 6.45) is 1.61. The van der Waals surface area contributed by atoms with Crippen molar-refractivity contribution in [2.24, 2.45) is 24.6 Å². The summed E-state index contributed by atoms with van der Waals surface area (Å²) in [6.45, 7) is 1.69. The Hall–Kier alpha value is -3.46. The summed E-state index contributed by atoms with van der Waals surface area (Å²) in [5.41, 5.74) is 13.5. The molecule has 2 aliphatic rings. The predicted molar refractivity (Wildman–Crippen MR) is 112 cm³/mol. The van der Waals surface area contributed by atoms with Gasteiger partial charge in [0.2, 0.25) is 0 Å². The fourth-order valence-corrected chi connectivity index (χ4v) is 4.29. The molecule has 0 radical (unpaired) electrons. The lowest BCUT2D eigenvalue weighted by atomic mass is 10.1. The first-order valence-electron chi connectivity index (χ1n) is 9.79. The quantitative estimate of drug-likeness (QED) is 0.608. The second-order valence-electron chi connectivity index (χ2n) is 7.88. The highest BCUT2D eigenvalue weighted by atomic mass is 19.1. The molecule has 154 valence electrons. The first-order chi connectivity index (χ1) is 14.4. The zero-order valence-corrected chi connectivity index (χ0v) is 16.4. The molecule has 2 fully saturated rings. The number of carbonyl (C=O) groups excluding carboxylic acids is 1. The molecule has 1 aliphatic heterocycles. The second kappa shape index (κ2) is 6.81. The number of nitrogen functional groups attached to an aromatic ring is 1. The minimum Gasteiger partial charge on any atom is -0.397 e. The summed E-state index contributed by atoms with van der Waals surface area (Å²) >= 11 is 0. The molecule has 3 heterocycles. The van der Waals surface area contributed by atoms with Crippen LogP contribution >= 0.6 is 0 Å². The number of carbonyl (C=O) groups is 1. The Kier molecular flexibility index (Phi) is 4.21. The lowest BCUT2D eigenvalue weighted by Gasteiger charge is -2.22. The minimum absolute atomic E-state index is 0.0387. The predicted octanol–water partition coefficient (Wildman–Crippen LogP) is 1.85. The van der Waals surface area contributed by atoms with E-state index in [-0.39, 0.29) is 17.4 Å². The zero-order valence-electron chi connectivity index (χ0n) is 16.4. The molecule has 2 aromatic heterocycles. The van der Waals surface area contributed by atoms with Crippen LogP contribution in [-0.2, 0) is 7.05 Å². The number of nitrogens with one attached hydrogen (secondary N) is 1. The van der Waals surface area contributed by atoms with Gasteiger partial charge in [-0.3, -0.25) is 9.48 Å². The number of hydrogen-bond acceptors (Lipinski definition) is 6. The van der Waals surface area contributed by atoms with Crippen LogP contribution < -0.4 is 21.7 Å². The van der Waals surface area contributed by atoms with Crippen molar-refractivity contribution in [1.82, 2.24) is 14.8 Å². The molecular formula is C21H22FN7O. The van der Waals surface area contributed by atoms with E-state index in [9.17, 15) is 9.18 Å². The van der Waals surface area contributed by atoms with E-state index in [1.54, 1.807) is 41.2 Å². The molecule has 1 saturated carbocycles. The maximum atomic E-state index is 14.1. The van der Waals surface area contributed by atoms with Gasteiger partial charge in [-0.05, 0) is 36.1 Å². The van der Waals surface area contributed by atoms with E-state index in [4.69, 9.17) is 11.5 Å². The highest BCUT2D eigenvalue weighted by molar-refractivity contribution is 6.07. The van der Waals surface area contributed by atoms with Gasteiger partial charge in [0.15, 0.2) is 11.5 Å². The Morgan fingerprint density at radius 3 is 2.67 bits per heavy atom. The number of nitrogens with zero attached hydrogens (tertiary/aromatic N) is 4. The van der Waals surface area contributed by atoms with Crippen LogP contribution in [0.2, 0.25) is 0 Å². The highest BCUT2D eigenvalue weighted by Crippen LogP contribution is 2.46. The van der Waals surface area contributed by atoms with Crippen molar-refractivity contribution in [3.05, 3.63) is 54.1 Å². The van der Waals surface area contributed by atoms with Gasteiger partial charge in [-0.2, -0.15) is 5.10 Å². The number of halogens is 1. The number of hydrogen-bond donors (Lipinski definition) is 3. The van der Waals surface area contributed by atoms with E-state index >= 15 is 0 Å². The average molecular weight is 407 g/mol. The Labute approximate surface area is 172 Å². The molecule has 3 aromatic rings. The maximum Gasteiger partial charge on any atom is 0.276 e. The van der Waals surface area contributed by atoms with Crippen LogP contribution in [0.3, 0.4) is 0 Å². The van der Waals surface area contributed by atoms with E-state index in [1.165, 1.54) is 6.07 Å². The number of benzene rings is 1. The first kappa shape index (κ1) is 18.6. The Morgan fingerprint density at radius 2 is 1.93 bits per heavy atom. The normalized spacial score (nSPS) is 22.1. The SMILES string of the molecule is Cn1ncc(NC(=O)c2nc(-c3ccccc3F)ccc2N)c1N1CC2C(N)C2C1. The molecule has 2 atom stereocenters. The molecule has 5 N–H and O–H groups in total. The van der Waals surface area contributed by atoms with Gasteiger partial charge in [-0.15, -0.1) is 0 Å². The Morgan fingerprint density at radius 1 is 1.20 bits per heavy atom. The fourth-order valence-electron chi connectivity index (χ4n) is 4.29. The first-order valence-corrected chi connectivity index (χ1v) is 9.79. The lowest BCUT2D eigenvalue weighted by molar-refractivity contribution is 0.102. The summed E-state index contributed by atoms with van der Waals surface area (Å²) in [5.74, 6) is 0.936. The molecule has 1 aromatic carbocycles. The molecule has 2 unspecified atom stereocenters. The van der Waals surface area contributed by atoms with Gasteiger partial charge in [0.25, 0.3) is 5.91 Å². The van der Waals surface area contributed by atoms with E-state index in [1.807, 2.05) is 7.05 Å². The standard InChI is InChI=1S/C21H22FN7O/c1-28-21(29-9-12-13(10-29)18(12)24)17(8-25-28)27-20(30)19-15(23)6-7-16(26-19)11-4-2-3-5-14(11)22/h2-8,12-13,18H,9-10,23-24H2,1H3,(H,27,30). The Balaban J connectivity index is 1.42. The molecule has 9 heteroatoms. The van der Waals surface area contributed by atoms with E-state index in [2.05, 4.69) is 20.3 Å². The number of nitrogens with two attached hydrogens (primary N) is 2. The van der Waals surface area contributed by atoms with E-state index in [0.29, 0.717) is 28.8 Å². The molecule has 30 heavy (non-hydrogen) atoms. The van der Waals surface area contributed by atoms with Crippen LogP contribution in [0.1, 0.15) is 10.5 Å². The molecule has 0 spiro atoms. The van der Waals surface area contributed by atoms with Gasteiger partial charge < -0.3 is 21.7 Å². The van der Waals surface area contributed by atoms with Gasteiger partial charge in [0.05, 0.1) is 17.6 Å². The Bertz CT molecular complexity index is 1130. The lowest BCUT2D eigenvalue weighted by Crippen LogP contribution is -2.30. The van der Waals surface area contributed by atoms with Crippen molar-refractivity contribution in [2.45, 2.75) is 6.04 Å². The highest BCUT2D eigenvalue weighted by Gasteiger charge is 2.54. The number of pyridine rings is 1. The van der Waals surface area contributed by atoms with Crippen molar-refractivity contribution in [3.8, 4) is 11.3 Å². The van der Waals surface area contributed by atoms with Crippen LogP contribution in [0.25, 0.3) is 11.3 Å². The summed E-state index contributed by atoms with van der Waals surface area (Å²) in [5, 5.41) is 7.16. The van der Waals surface area contributed by atoms with Crippen molar-refractivity contribution in [2.75, 3.05) is 29.0 Å². The number of piperidine rings is 1. The largest absolute Gasteiger partial charge is 0.397 e. The monoisotopic (exact) mass is 407 g/mol. The number of aromatic nitrogens is 3. The van der Waals surface area contributed by atoms with Gasteiger partial charge >= 0.3 is 0 Å². The summed E-state index contributed by atoms with van der Waals surface area (Å²) in [6, 6.07) is 9.70. The van der Waals surface area contributed by atoms with Crippen LogP contribution in [-0.4, -0.2) is 39.8 Å². The minimum atomic E-state index is -0.471. The molecule has 0 bridgehead atoms. The topological polar surface area (TPSA) is 115 Å². The van der Waals surface area contributed by atoms with Gasteiger partial charge in [0.1, 0.15) is 11.5 Å². The molecule has 1 aliphatic carbocycles. The molecule has 8 nitrogen and oxygen atoms in total. The summed E-state index contributed by atoms with van der Waals surface area (Å²) < 4.78 is 15.9.